The minimum atomic E-state index is -0.671. The molecule has 0 aliphatic carbocycles. The zero-order valence-corrected chi connectivity index (χ0v) is 32.1. The highest BCUT2D eigenvalue weighted by atomic mass is 16.5. The van der Waals surface area contributed by atoms with Crippen LogP contribution >= 0.6 is 0 Å². The lowest BCUT2D eigenvalue weighted by Crippen LogP contribution is -2.13. The molecule has 0 spiro atoms. The summed E-state index contributed by atoms with van der Waals surface area (Å²) >= 11 is 0. The number of hydrogen-bond donors (Lipinski definition) is 1. The van der Waals surface area contributed by atoms with Gasteiger partial charge in [-0.25, -0.2) is 24.5 Å². The van der Waals surface area contributed by atoms with Crippen LogP contribution in [0.2, 0.25) is 0 Å². The molecule has 1 aliphatic rings. The van der Waals surface area contributed by atoms with Gasteiger partial charge >= 0.3 is 11.3 Å². The molecule has 61 heavy (non-hydrogen) atoms. The Hall–Kier alpha value is -8.43. The summed E-state index contributed by atoms with van der Waals surface area (Å²) in [7, 11) is 0. The van der Waals surface area contributed by atoms with Crippen LogP contribution in [0.15, 0.2) is 182 Å². The van der Waals surface area contributed by atoms with Crippen LogP contribution in [-0.4, -0.2) is 19.9 Å². The number of nitrogens with zero attached hydrogens (tertiary/aromatic N) is 3. The first-order chi connectivity index (χ1) is 30.0. The number of para-hydroxylation sites is 3. The summed E-state index contributed by atoms with van der Waals surface area (Å²) in [5.41, 5.74) is 6.12. The second kappa shape index (κ2) is 13.6. The van der Waals surface area contributed by atoms with Crippen molar-refractivity contribution in [2.45, 2.75) is 6.10 Å². The molecule has 6 aromatic heterocycles. The number of aromatic amines is 1. The van der Waals surface area contributed by atoms with E-state index in [1.807, 2.05) is 121 Å². The van der Waals surface area contributed by atoms with Crippen LogP contribution < -0.4 is 16.0 Å². The molecule has 5 aromatic carbocycles. The third-order valence-corrected chi connectivity index (χ3v) is 11.5. The molecule has 0 saturated heterocycles. The van der Waals surface area contributed by atoms with Crippen molar-refractivity contribution in [2.24, 2.45) is 0 Å². The van der Waals surface area contributed by atoms with E-state index in [4.69, 9.17) is 23.5 Å². The van der Waals surface area contributed by atoms with Crippen molar-refractivity contribution in [3.8, 4) is 51.0 Å². The smallest absolute Gasteiger partial charge is 0.344 e. The van der Waals surface area contributed by atoms with Crippen molar-refractivity contribution >= 4 is 60.5 Å². The maximum absolute atomic E-state index is 14.6. The van der Waals surface area contributed by atoms with E-state index in [9.17, 15) is 9.59 Å². The standard InChI is InChI=1S/C52H30N4O5/c57-51-34-15-5-1-12-31(34)28-44(61-51)49-47(37-26-32-13-4-8-18-42(32)60-52(37)58)46-36(48(56-49)39-23-19-29-10-2-6-16-38(29)54-39)22-21-35(40-27-33-14-9-25-53-50(33)55-40)45(46)43-24-20-30-11-3-7-17-41(30)59-43/h1-28,43H,(H,53,55). The zero-order valence-electron chi connectivity index (χ0n) is 32.1. The van der Waals surface area contributed by atoms with Crippen LogP contribution in [-0.2, 0) is 0 Å². The number of nitrogens with one attached hydrogen (secondary N) is 1. The fourth-order valence-corrected chi connectivity index (χ4v) is 8.63. The van der Waals surface area contributed by atoms with Gasteiger partial charge in [0.1, 0.15) is 28.8 Å². The number of aromatic nitrogens is 4. The Morgan fingerprint density at radius 3 is 2.31 bits per heavy atom. The average molecular weight is 791 g/mol. The van der Waals surface area contributed by atoms with Gasteiger partial charge in [-0.2, -0.15) is 0 Å². The van der Waals surface area contributed by atoms with Crippen LogP contribution in [0.5, 0.6) is 5.75 Å². The lowest BCUT2D eigenvalue weighted by Gasteiger charge is -2.27. The molecule has 0 saturated carbocycles. The van der Waals surface area contributed by atoms with Crippen LogP contribution in [0.25, 0.3) is 106 Å². The van der Waals surface area contributed by atoms with Gasteiger partial charge in [0.25, 0.3) is 0 Å². The predicted octanol–water partition coefficient (Wildman–Crippen LogP) is 11.7. The topological polar surface area (TPSA) is 124 Å². The summed E-state index contributed by atoms with van der Waals surface area (Å²) in [5.74, 6) is 0.876. The summed E-state index contributed by atoms with van der Waals surface area (Å²) in [5, 5.41) is 5.03. The van der Waals surface area contributed by atoms with Crippen molar-refractivity contribution in [2.75, 3.05) is 0 Å². The molecular weight excluding hydrogens is 761 g/mol. The highest BCUT2D eigenvalue weighted by Crippen LogP contribution is 2.48. The Balaban J connectivity index is 1.29. The van der Waals surface area contributed by atoms with E-state index in [1.165, 1.54) is 0 Å². The Kier molecular flexibility index (Phi) is 7.70. The van der Waals surface area contributed by atoms with Gasteiger partial charge < -0.3 is 18.6 Å². The SMILES string of the molecule is O=c1oc2ccccc2cc1-c1c(-c2cc3ccccc3c(=O)o2)nc(-c2ccc3ccccc3n2)c2ccc(-c3cc4cccnc4[nH]3)c(C3C=Cc4ccccc4O3)c12. The lowest BCUT2D eigenvalue weighted by atomic mass is 9.85. The molecule has 12 rings (SSSR count). The van der Waals surface area contributed by atoms with Gasteiger partial charge in [-0.1, -0.05) is 97.1 Å². The van der Waals surface area contributed by atoms with Gasteiger partial charge in [-0.3, -0.25) is 0 Å². The average Bonchev–Trinajstić information content (AvgIpc) is 3.75. The molecule has 1 unspecified atom stereocenters. The summed E-state index contributed by atoms with van der Waals surface area (Å²) in [6.45, 7) is 0. The van der Waals surface area contributed by atoms with Gasteiger partial charge in [0.05, 0.1) is 27.9 Å². The van der Waals surface area contributed by atoms with E-state index in [0.717, 1.165) is 44.3 Å². The maximum atomic E-state index is 14.6. The van der Waals surface area contributed by atoms with Crippen molar-refractivity contribution in [3.05, 3.63) is 196 Å². The number of ether oxygens (including phenoxy) is 1. The summed E-state index contributed by atoms with van der Waals surface area (Å²) in [6, 6.07) is 48.0. The molecule has 11 aromatic rings. The summed E-state index contributed by atoms with van der Waals surface area (Å²) in [4.78, 5) is 47.2. The molecule has 9 nitrogen and oxygen atoms in total. The molecule has 1 N–H and O–H groups in total. The summed E-state index contributed by atoms with van der Waals surface area (Å²) in [6.07, 6.45) is 5.16. The normalized spacial score (nSPS) is 13.6. The van der Waals surface area contributed by atoms with Crippen LogP contribution in [0.3, 0.4) is 0 Å². The second-order valence-corrected chi connectivity index (χ2v) is 15.1. The molecule has 1 aliphatic heterocycles. The van der Waals surface area contributed by atoms with E-state index in [-0.39, 0.29) is 17.0 Å². The van der Waals surface area contributed by atoms with E-state index < -0.39 is 17.4 Å². The number of H-pyrrole nitrogens is 1. The Morgan fingerprint density at radius 2 is 1.39 bits per heavy atom. The van der Waals surface area contributed by atoms with Crippen LogP contribution in [0, 0.1) is 0 Å². The lowest BCUT2D eigenvalue weighted by molar-refractivity contribution is 0.254. The van der Waals surface area contributed by atoms with Gasteiger partial charge in [-0.05, 0) is 72.1 Å². The third-order valence-electron chi connectivity index (χ3n) is 11.5. The van der Waals surface area contributed by atoms with Crippen molar-refractivity contribution in [1.29, 1.82) is 0 Å². The highest BCUT2D eigenvalue weighted by Gasteiger charge is 2.31. The molecule has 0 radical (unpaired) electrons. The number of pyridine rings is 3. The van der Waals surface area contributed by atoms with E-state index in [1.54, 1.807) is 30.5 Å². The first kappa shape index (κ1) is 34.6. The molecule has 7 heterocycles. The number of fused-ring (bicyclic) bond motifs is 6. The van der Waals surface area contributed by atoms with E-state index >= 15 is 0 Å². The predicted molar refractivity (Wildman–Crippen MR) is 239 cm³/mol. The molecule has 0 amide bonds. The maximum Gasteiger partial charge on any atom is 0.344 e. The molecule has 9 heteroatoms. The van der Waals surface area contributed by atoms with E-state index in [0.29, 0.717) is 55.2 Å². The molecule has 0 fully saturated rings. The van der Waals surface area contributed by atoms with Crippen molar-refractivity contribution < 1.29 is 13.6 Å². The van der Waals surface area contributed by atoms with Gasteiger partial charge in [-0.15, -0.1) is 0 Å². The van der Waals surface area contributed by atoms with Crippen LogP contribution in [0.4, 0.5) is 0 Å². The van der Waals surface area contributed by atoms with Gasteiger partial charge in [0.15, 0.2) is 5.76 Å². The highest BCUT2D eigenvalue weighted by molar-refractivity contribution is 6.12. The fraction of sp³-hybridized carbons (Fsp3) is 0.0192. The van der Waals surface area contributed by atoms with Gasteiger partial charge in [0, 0.05) is 61.1 Å². The molecule has 0 bridgehead atoms. The van der Waals surface area contributed by atoms with E-state index in [2.05, 4.69) is 28.2 Å². The largest absolute Gasteiger partial charge is 0.481 e. The number of benzene rings is 5. The minimum absolute atomic E-state index is 0.173. The number of rotatable bonds is 5. The monoisotopic (exact) mass is 790 g/mol. The fourth-order valence-electron chi connectivity index (χ4n) is 8.63. The Labute approximate surface area is 345 Å². The first-order valence-corrected chi connectivity index (χ1v) is 19.9. The quantitative estimate of drug-likeness (QED) is 0.171. The molecule has 288 valence electrons. The summed E-state index contributed by atoms with van der Waals surface area (Å²) < 4.78 is 19.3. The Bertz CT molecular complexity index is 3740. The second-order valence-electron chi connectivity index (χ2n) is 15.1. The molecule has 1 atom stereocenters. The third kappa shape index (κ3) is 5.66. The Morgan fingerprint density at radius 1 is 0.590 bits per heavy atom. The molecular formula is C52H30N4O5. The van der Waals surface area contributed by atoms with Gasteiger partial charge in [0.2, 0.25) is 0 Å². The van der Waals surface area contributed by atoms with Crippen molar-refractivity contribution in [3.63, 3.8) is 0 Å². The number of hydrogen-bond acceptors (Lipinski definition) is 8. The minimum Gasteiger partial charge on any atom is -0.481 e. The van der Waals surface area contributed by atoms with Crippen LogP contribution in [0.1, 0.15) is 17.2 Å². The zero-order chi connectivity index (χ0) is 40.6. The first-order valence-electron chi connectivity index (χ1n) is 19.9. The van der Waals surface area contributed by atoms with Crippen molar-refractivity contribution in [1.82, 2.24) is 19.9 Å².